The van der Waals surface area contributed by atoms with E-state index in [9.17, 15) is 9.90 Å². The molecule has 1 atom stereocenters. The van der Waals surface area contributed by atoms with E-state index < -0.39 is 5.60 Å². The maximum atomic E-state index is 11.3. The van der Waals surface area contributed by atoms with Gasteiger partial charge in [-0.2, -0.15) is 11.8 Å². The average Bonchev–Trinajstić information content (AvgIpc) is 2.30. The first kappa shape index (κ1) is 11.7. The Morgan fingerprint density at radius 3 is 2.94 bits per heavy atom. The molecule has 1 aromatic carbocycles. The zero-order chi connectivity index (χ0) is 11.6. The molecule has 0 radical (unpaired) electrons. The van der Waals surface area contributed by atoms with Crippen molar-refractivity contribution in [1.29, 1.82) is 0 Å². The molecular weight excluding hydrogens is 220 g/mol. The number of thioether (sulfide) groups is 1. The summed E-state index contributed by atoms with van der Waals surface area (Å²) in [7, 11) is 0. The van der Waals surface area contributed by atoms with Crippen molar-refractivity contribution in [1.82, 2.24) is 0 Å². The maximum Gasteiger partial charge on any atom is 0.159 e. The molecule has 2 nitrogen and oxygen atoms in total. The molecule has 2 rings (SSSR count). The van der Waals surface area contributed by atoms with Crippen LogP contribution in [-0.4, -0.2) is 22.4 Å². The predicted octanol–water partition coefficient (Wildman–Crippen LogP) is 2.60. The Bertz CT molecular complexity index is 395. The SMILES string of the molecule is CC(=O)c1cccc(C2(O)CCCSC2)c1. The van der Waals surface area contributed by atoms with E-state index in [1.54, 1.807) is 24.8 Å². The van der Waals surface area contributed by atoms with Crippen LogP contribution >= 0.6 is 11.8 Å². The van der Waals surface area contributed by atoms with Crippen molar-refractivity contribution in [3.05, 3.63) is 35.4 Å². The highest BCUT2D eigenvalue weighted by Crippen LogP contribution is 2.35. The van der Waals surface area contributed by atoms with Gasteiger partial charge in [0.2, 0.25) is 0 Å². The highest BCUT2D eigenvalue weighted by atomic mass is 32.2. The molecule has 86 valence electrons. The summed E-state index contributed by atoms with van der Waals surface area (Å²) in [4.78, 5) is 11.3. The van der Waals surface area contributed by atoms with E-state index in [1.807, 2.05) is 18.2 Å². The number of aliphatic hydroxyl groups is 1. The first-order valence-corrected chi connectivity index (χ1v) is 6.69. The molecule has 0 aliphatic carbocycles. The fourth-order valence-corrected chi connectivity index (χ4v) is 3.18. The molecule has 16 heavy (non-hydrogen) atoms. The number of ketones is 1. The Balaban J connectivity index is 2.31. The van der Waals surface area contributed by atoms with Gasteiger partial charge < -0.3 is 5.11 Å². The Hall–Kier alpha value is -0.800. The summed E-state index contributed by atoms with van der Waals surface area (Å²) in [6.07, 6.45) is 1.83. The molecular formula is C13H16O2S. The Kier molecular flexibility index (Phi) is 3.36. The van der Waals surface area contributed by atoms with Gasteiger partial charge in [-0.05, 0) is 37.1 Å². The maximum absolute atomic E-state index is 11.3. The van der Waals surface area contributed by atoms with Crippen molar-refractivity contribution < 1.29 is 9.90 Å². The van der Waals surface area contributed by atoms with Crippen LogP contribution in [0.3, 0.4) is 0 Å². The summed E-state index contributed by atoms with van der Waals surface area (Å²) >= 11 is 1.78. The second-order valence-corrected chi connectivity index (χ2v) is 5.43. The largest absolute Gasteiger partial charge is 0.384 e. The topological polar surface area (TPSA) is 37.3 Å². The number of rotatable bonds is 2. The van der Waals surface area contributed by atoms with Crippen molar-refractivity contribution in [2.75, 3.05) is 11.5 Å². The predicted molar refractivity (Wildman–Crippen MR) is 66.9 cm³/mol. The third kappa shape index (κ3) is 2.30. The summed E-state index contributed by atoms with van der Waals surface area (Å²) in [6.45, 7) is 1.55. The molecule has 1 heterocycles. The van der Waals surface area contributed by atoms with Crippen molar-refractivity contribution in [2.45, 2.75) is 25.4 Å². The summed E-state index contributed by atoms with van der Waals surface area (Å²) in [5, 5.41) is 10.5. The van der Waals surface area contributed by atoms with E-state index in [0.717, 1.165) is 29.9 Å². The van der Waals surface area contributed by atoms with Crippen molar-refractivity contribution >= 4 is 17.5 Å². The van der Waals surface area contributed by atoms with Gasteiger partial charge in [0.25, 0.3) is 0 Å². The van der Waals surface area contributed by atoms with Crippen LogP contribution in [0.5, 0.6) is 0 Å². The van der Waals surface area contributed by atoms with Gasteiger partial charge >= 0.3 is 0 Å². The Morgan fingerprint density at radius 2 is 2.31 bits per heavy atom. The molecule has 1 saturated heterocycles. The van der Waals surface area contributed by atoms with Crippen molar-refractivity contribution in [2.24, 2.45) is 0 Å². The van der Waals surface area contributed by atoms with Crippen LogP contribution in [-0.2, 0) is 5.60 Å². The second kappa shape index (κ2) is 4.60. The van der Waals surface area contributed by atoms with E-state index in [0.29, 0.717) is 5.56 Å². The van der Waals surface area contributed by atoms with E-state index in [-0.39, 0.29) is 5.78 Å². The second-order valence-electron chi connectivity index (χ2n) is 4.32. The Labute approximate surface area is 100 Å². The standard InChI is InChI=1S/C13H16O2S/c1-10(14)11-4-2-5-12(8-11)13(15)6-3-7-16-9-13/h2,4-5,8,15H,3,6-7,9H2,1H3. The van der Waals surface area contributed by atoms with Crippen LogP contribution in [0.1, 0.15) is 35.7 Å². The molecule has 3 heteroatoms. The third-order valence-corrected chi connectivity index (χ3v) is 4.29. The van der Waals surface area contributed by atoms with Gasteiger partial charge in [-0.15, -0.1) is 0 Å². The molecule has 1 aromatic rings. The monoisotopic (exact) mass is 236 g/mol. The zero-order valence-corrected chi connectivity index (χ0v) is 10.2. The number of benzene rings is 1. The lowest BCUT2D eigenvalue weighted by Crippen LogP contribution is -2.32. The van der Waals surface area contributed by atoms with Gasteiger partial charge in [-0.25, -0.2) is 0 Å². The summed E-state index contributed by atoms with van der Waals surface area (Å²) < 4.78 is 0. The zero-order valence-electron chi connectivity index (χ0n) is 9.40. The van der Waals surface area contributed by atoms with Crippen LogP contribution in [0.25, 0.3) is 0 Å². The molecule has 1 fully saturated rings. The lowest BCUT2D eigenvalue weighted by Gasteiger charge is -2.32. The molecule has 0 saturated carbocycles. The van der Waals surface area contributed by atoms with E-state index in [2.05, 4.69) is 0 Å². The molecule has 0 bridgehead atoms. The number of hydrogen-bond acceptors (Lipinski definition) is 3. The summed E-state index contributed by atoms with van der Waals surface area (Å²) in [6, 6.07) is 7.39. The molecule has 0 spiro atoms. The van der Waals surface area contributed by atoms with Crippen LogP contribution < -0.4 is 0 Å². The van der Waals surface area contributed by atoms with Crippen LogP contribution in [0.15, 0.2) is 24.3 Å². The third-order valence-electron chi connectivity index (χ3n) is 3.03. The lowest BCUT2D eigenvalue weighted by molar-refractivity contribution is 0.0495. The minimum absolute atomic E-state index is 0.0499. The highest BCUT2D eigenvalue weighted by Gasteiger charge is 2.31. The first-order valence-electron chi connectivity index (χ1n) is 5.53. The van der Waals surface area contributed by atoms with Crippen LogP contribution in [0, 0.1) is 0 Å². The van der Waals surface area contributed by atoms with E-state index in [1.165, 1.54) is 0 Å². The van der Waals surface area contributed by atoms with Crippen LogP contribution in [0.4, 0.5) is 0 Å². The Morgan fingerprint density at radius 1 is 1.50 bits per heavy atom. The molecule has 0 amide bonds. The van der Waals surface area contributed by atoms with Gasteiger partial charge in [-0.3, -0.25) is 4.79 Å². The number of hydrogen-bond donors (Lipinski definition) is 1. The number of carbonyl (C=O) groups is 1. The van der Waals surface area contributed by atoms with Crippen molar-refractivity contribution in [3.63, 3.8) is 0 Å². The molecule has 1 aliphatic heterocycles. The number of carbonyl (C=O) groups excluding carboxylic acids is 1. The smallest absolute Gasteiger partial charge is 0.159 e. The summed E-state index contributed by atoms with van der Waals surface area (Å²) in [5.41, 5.74) is 0.822. The van der Waals surface area contributed by atoms with Gasteiger partial charge in [0.1, 0.15) is 0 Å². The van der Waals surface area contributed by atoms with E-state index in [4.69, 9.17) is 0 Å². The summed E-state index contributed by atoms with van der Waals surface area (Å²) in [5.74, 6) is 1.90. The quantitative estimate of drug-likeness (QED) is 0.802. The fourth-order valence-electron chi connectivity index (χ4n) is 2.04. The molecule has 1 aliphatic rings. The molecule has 1 unspecified atom stereocenters. The molecule has 1 N–H and O–H groups in total. The van der Waals surface area contributed by atoms with Crippen molar-refractivity contribution in [3.8, 4) is 0 Å². The minimum atomic E-state index is -0.742. The van der Waals surface area contributed by atoms with Gasteiger partial charge in [0, 0.05) is 11.3 Å². The lowest BCUT2D eigenvalue weighted by atomic mass is 9.89. The minimum Gasteiger partial charge on any atom is -0.384 e. The number of Topliss-reactive ketones (excluding diaryl/α,β-unsaturated/α-hetero) is 1. The van der Waals surface area contributed by atoms with Crippen LogP contribution in [0.2, 0.25) is 0 Å². The van der Waals surface area contributed by atoms with Gasteiger partial charge in [0.15, 0.2) is 5.78 Å². The first-order chi connectivity index (χ1) is 7.62. The van der Waals surface area contributed by atoms with Gasteiger partial charge in [-0.1, -0.05) is 18.2 Å². The van der Waals surface area contributed by atoms with Gasteiger partial charge in [0.05, 0.1) is 5.60 Å². The fraction of sp³-hybridized carbons (Fsp3) is 0.462. The average molecular weight is 236 g/mol. The van der Waals surface area contributed by atoms with E-state index >= 15 is 0 Å². The normalized spacial score (nSPS) is 25.4. The molecule has 0 aromatic heterocycles. The highest BCUT2D eigenvalue weighted by molar-refractivity contribution is 7.99.